The minimum absolute atomic E-state index is 0.120. The Morgan fingerprint density at radius 2 is 1.71 bits per heavy atom. The number of allylic oxidation sites excluding steroid dienone is 1. The summed E-state index contributed by atoms with van der Waals surface area (Å²) < 4.78 is 5.51. The number of nitrogens with zero attached hydrogens (tertiary/aromatic N) is 2. The van der Waals surface area contributed by atoms with Gasteiger partial charge < -0.3 is 9.64 Å². The molecule has 3 aromatic rings. The quantitative estimate of drug-likeness (QED) is 0.592. The summed E-state index contributed by atoms with van der Waals surface area (Å²) in [5, 5.41) is 0.779. The number of carbonyl (C=O) groups is 2. The number of rotatable bonds is 4. The molecule has 0 bridgehead atoms. The van der Waals surface area contributed by atoms with Gasteiger partial charge in [0.15, 0.2) is 6.61 Å². The van der Waals surface area contributed by atoms with E-state index in [1.54, 1.807) is 4.90 Å². The van der Waals surface area contributed by atoms with Crippen LogP contribution in [0.4, 0.5) is 0 Å². The fraction of sp³-hybridized carbons (Fsp3) is 0.269. The normalized spacial score (nSPS) is 16.6. The molecule has 31 heavy (non-hydrogen) atoms. The van der Waals surface area contributed by atoms with Crippen molar-refractivity contribution >= 4 is 34.4 Å². The van der Waals surface area contributed by atoms with Crippen LogP contribution >= 0.6 is 0 Å². The molecule has 0 atom stereocenters. The summed E-state index contributed by atoms with van der Waals surface area (Å²) in [6, 6.07) is 17.8. The van der Waals surface area contributed by atoms with Crippen molar-refractivity contribution in [1.29, 1.82) is 0 Å². The van der Waals surface area contributed by atoms with Crippen LogP contribution in [0, 0.1) is 0 Å². The van der Waals surface area contributed by atoms with Crippen molar-refractivity contribution in [2.75, 3.05) is 19.7 Å². The number of esters is 1. The van der Waals surface area contributed by atoms with Crippen molar-refractivity contribution in [3.05, 3.63) is 77.0 Å². The Balaban J connectivity index is 1.50. The molecule has 5 rings (SSSR count). The number of para-hydroxylation sites is 1. The van der Waals surface area contributed by atoms with Gasteiger partial charge in [-0.2, -0.15) is 0 Å². The van der Waals surface area contributed by atoms with Gasteiger partial charge in [-0.25, -0.2) is 9.78 Å². The predicted octanol–water partition coefficient (Wildman–Crippen LogP) is 4.50. The number of aromatic nitrogens is 1. The Hall–Kier alpha value is -3.47. The second-order valence-corrected chi connectivity index (χ2v) is 8.08. The van der Waals surface area contributed by atoms with Crippen LogP contribution in [0.1, 0.15) is 46.4 Å². The van der Waals surface area contributed by atoms with Gasteiger partial charge in [0.2, 0.25) is 0 Å². The maximum Gasteiger partial charge on any atom is 0.339 e. The SMILES string of the molecule is O=C(OCC(=O)N1CCCC1)c1c2c(nc3ccccc13)C(=Cc1ccccc1)CC2. The highest BCUT2D eigenvalue weighted by atomic mass is 16.5. The first-order valence-electron chi connectivity index (χ1n) is 10.8. The van der Waals surface area contributed by atoms with E-state index in [-0.39, 0.29) is 12.5 Å². The molecule has 156 valence electrons. The number of benzene rings is 2. The predicted molar refractivity (Wildman–Crippen MR) is 120 cm³/mol. The highest BCUT2D eigenvalue weighted by Crippen LogP contribution is 2.37. The highest BCUT2D eigenvalue weighted by molar-refractivity contribution is 6.07. The van der Waals surface area contributed by atoms with E-state index < -0.39 is 5.97 Å². The summed E-state index contributed by atoms with van der Waals surface area (Å²) in [5.74, 6) is -0.561. The molecule has 5 heteroatoms. The van der Waals surface area contributed by atoms with Crippen molar-refractivity contribution in [3.8, 4) is 0 Å². The molecule has 1 aliphatic carbocycles. The van der Waals surface area contributed by atoms with E-state index in [1.165, 1.54) is 0 Å². The first-order chi connectivity index (χ1) is 15.2. The molecular formula is C26H24N2O3. The van der Waals surface area contributed by atoms with Gasteiger partial charge in [-0.15, -0.1) is 0 Å². The van der Waals surface area contributed by atoms with Crippen LogP contribution in [0.2, 0.25) is 0 Å². The summed E-state index contributed by atoms with van der Waals surface area (Å²) in [4.78, 5) is 32.2. The Labute approximate surface area is 181 Å². The zero-order chi connectivity index (χ0) is 21.2. The highest BCUT2D eigenvalue weighted by Gasteiger charge is 2.28. The van der Waals surface area contributed by atoms with Gasteiger partial charge in [-0.05, 0) is 54.5 Å². The number of hydrogen-bond donors (Lipinski definition) is 0. The van der Waals surface area contributed by atoms with Gasteiger partial charge in [0.05, 0.1) is 16.8 Å². The lowest BCUT2D eigenvalue weighted by Crippen LogP contribution is -2.32. The topological polar surface area (TPSA) is 59.5 Å². The molecule has 0 N–H and O–H groups in total. The van der Waals surface area contributed by atoms with E-state index in [9.17, 15) is 9.59 Å². The van der Waals surface area contributed by atoms with Gasteiger partial charge in [0, 0.05) is 18.5 Å². The third-order valence-electron chi connectivity index (χ3n) is 6.07. The van der Waals surface area contributed by atoms with Gasteiger partial charge >= 0.3 is 5.97 Å². The van der Waals surface area contributed by atoms with Crippen LogP contribution in [0.15, 0.2) is 54.6 Å². The van der Waals surface area contributed by atoms with E-state index in [0.29, 0.717) is 5.56 Å². The number of carbonyl (C=O) groups excluding carboxylic acids is 2. The molecule has 2 heterocycles. The molecule has 0 spiro atoms. The van der Waals surface area contributed by atoms with Crippen LogP contribution in [0.3, 0.4) is 0 Å². The van der Waals surface area contributed by atoms with E-state index in [4.69, 9.17) is 9.72 Å². The average Bonchev–Trinajstić information content (AvgIpc) is 3.47. The molecule has 1 fully saturated rings. The Morgan fingerprint density at radius 3 is 2.52 bits per heavy atom. The molecule has 0 saturated carbocycles. The lowest BCUT2D eigenvalue weighted by atomic mass is 10.0. The van der Waals surface area contributed by atoms with E-state index in [1.807, 2.05) is 42.5 Å². The maximum absolute atomic E-state index is 13.2. The molecule has 1 amide bonds. The minimum atomic E-state index is -0.441. The number of ether oxygens (including phenoxy) is 1. The van der Waals surface area contributed by atoms with Crippen LogP contribution < -0.4 is 0 Å². The minimum Gasteiger partial charge on any atom is -0.452 e. The number of amides is 1. The zero-order valence-corrected chi connectivity index (χ0v) is 17.3. The van der Waals surface area contributed by atoms with Crippen molar-refractivity contribution in [2.45, 2.75) is 25.7 Å². The fourth-order valence-corrected chi connectivity index (χ4v) is 4.52. The number of fused-ring (bicyclic) bond motifs is 2. The standard InChI is InChI=1S/C26H24N2O3/c29-23(28-14-6-7-15-28)17-31-26(30)24-20-10-4-5-11-22(20)27-25-19(12-13-21(24)25)16-18-8-2-1-3-9-18/h1-5,8-11,16H,6-7,12-15,17H2. The van der Waals surface area contributed by atoms with E-state index >= 15 is 0 Å². The van der Waals surface area contributed by atoms with Crippen LogP contribution in [-0.4, -0.2) is 41.5 Å². The van der Waals surface area contributed by atoms with E-state index in [2.05, 4.69) is 18.2 Å². The molecule has 1 saturated heterocycles. The molecule has 2 aliphatic rings. The Morgan fingerprint density at radius 1 is 0.968 bits per heavy atom. The lowest BCUT2D eigenvalue weighted by molar-refractivity contribution is -0.133. The van der Waals surface area contributed by atoms with Gasteiger partial charge in [-0.1, -0.05) is 48.5 Å². The third kappa shape index (κ3) is 3.83. The Kier molecular flexibility index (Phi) is 5.24. The molecule has 0 unspecified atom stereocenters. The second-order valence-electron chi connectivity index (χ2n) is 8.08. The smallest absolute Gasteiger partial charge is 0.339 e. The summed E-state index contributed by atoms with van der Waals surface area (Å²) in [7, 11) is 0. The molecule has 5 nitrogen and oxygen atoms in total. The lowest BCUT2D eigenvalue weighted by Gasteiger charge is -2.16. The van der Waals surface area contributed by atoms with Crippen LogP contribution in [0.25, 0.3) is 22.6 Å². The fourth-order valence-electron chi connectivity index (χ4n) is 4.52. The average molecular weight is 412 g/mol. The summed E-state index contributed by atoms with van der Waals surface area (Å²) >= 11 is 0. The first-order valence-corrected chi connectivity index (χ1v) is 10.8. The molecule has 0 radical (unpaired) electrons. The molecular weight excluding hydrogens is 388 g/mol. The number of likely N-dealkylation sites (tertiary alicyclic amines) is 1. The van der Waals surface area contributed by atoms with Gasteiger partial charge in [-0.3, -0.25) is 4.79 Å². The zero-order valence-electron chi connectivity index (χ0n) is 17.3. The summed E-state index contributed by atoms with van der Waals surface area (Å²) in [5.41, 5.74) is 5.32. The Bertz CT molecular complexity index is 1180. The van der Waals surface area contributed by atoms with Crippen molar-refractivity contribution in [3.63, 3.8) is 0 Å². The van der Waals surface area contributed by atoms with Crippen LogP contribution in [-0.2, 0) is 16.0 Å². The molecule has 1 aromatic heterocycles. The third-order valence-corrected chi connectivity index (χ3v) is 6.07. The molecule has 2 aromatic carbocycles. The number of pyridine rings is 1. The van der Waals surface area contributed by atoms with Crippen molar-refractivity contribution in [1.82, 2.24) is 9.88 Å². The van der Waals surface area contributed by atoms with Crippen molar-refractivity contribution < 1.29 is 14.3 Å². The van der Waals surface area contributed by atoms with Gasteiger partial charge in [0.1, 0.15) is 0 Å². The van der Waals surface area contributed by atoms with Crippen molar-refractivity contribution in [2.24, 2.45) is 0 Å². The van der Waals surface area contributed by atoms with Crippen LogP contribution in [0.5, 0.6) is 0 Å². The monoisotopic (exact) mass is 412 g/mol. The maximum atomic E-state index is 13.2. The summed E-state index contributed by atoms with van der Waals surface area (Å²) in [6.07, 6.45) is 5.72. The largest absolute Gasteiger partial charge is 0.452 e. The molecule has 1 aliphatic heterocycles. The first kappa shape index (κ1) is 19.5. The van der Waals surface area contributed by atoms with E-state index in [0.717, 1.165) is 72.1 Å². The van der Waals surface area contributed by atoms with Gasteiger partial charge in [0.25, 0.3) is 5.91 Å². The summed E-state index contributed by atoms with van der Waals surface area (Å²) in [6.45, 7) is 1.28. The number of hydrogen-bond acceptors (Lipinski definition) is 4. The second kappa shape index (κ2) is 8.34.